The van der Waals surface area contributed by atoms with E-state index in [1.165, 1.54) is 0 Å². The van der Waals surface area contributed by atoms with Crippen molar-refractivity contribution in [2.24, 2.45) is 11.7 Å². The Hall–Kier alpha value is -0.150. The first kappa shape index (κ1) is 10.4. The second-order valence-electron chi connectivity index (χ2n) is 4.76. The molecular formula is C11H20FNO. The number of nitrogens with two attached hydrogens (primary N) is 1. The summed E-state index contributed by atoms with van der Waals surface area (Å²) in [6.07, 6.45) is 4.83. The molecule has 1 aliphatic heterocycles. The smallest absolute Gasteiger partial charge is 0.114 e. The lowest BCUT2D eigenvalue weighted by atomic mass is 9.73. The maximum Gasteiger partial charge on any atom is 0.114 e. The minimum atomic E-state index is -0.931. The monoisotopic (exact) mass is 201 g/mol. The van der Waals surface area contributed by atoms with Crippen LogP contribution in [0, 0.1) is 5.92 Å². The van der Waals surface area contributed by atoms with E-state index in [4.69, 9.17) is 10.5 Å². The van der Waals surface area contributed by atoms with Gasteiger partial charge >= 0.3 is 0 Å². The Balaban J connectivity index is 1.93. The first-order valence-corrected chi connectivity index (χ1v) is 5.73. The Labute approximate surface area is 85.0 Å². The fourth-order valence-corrected chi connectivity index (χ4v) is 2.74. The lowest BCUT2D eigenvalue weighted by molar-refractivity contribution is -0.0326. The molecule has 1 saturated heterocycles. The van der Waals surface area contributed by atoms with Gasteiger partial charge in [-0.1, -0.05) is 0 Å². The number of halogens is 1. The van der Waals surface area contributed by atoms with Crippen molar-refractivity contribution in [3.63, 3.8) is 0 Å². The molecule has 82 valence electrons. The van der Waals surface area contributed by atoms with Crippen molar-refractivity contribution < 1.29 is 9.13 Å². The molecule has 1 aliphatic carbocycles. The molecule has 0 amide bonds. The number of alkyl halides is 1. The second-order valence-corrected chi connectivity index (χ2v) is 4.76. The summed E-state index contributed by atoms with van der Waals surface area (Å²) >= 11 is 0. The van der Waals surface area contributed by atoms with Gasteiger partial charge in [-0.2, -0.15) is 0 Å². The molecule has 0 radical (unpaired) electrons. The van der Waals surface area contributed by atoms with E-state index in [2.05, 4.69) is 0 Å². The second kappa shape index (κ2) is 4.15. The maximum atomic E-state index is 14.5. The van der Waals surface area contributed by atoms with Crippen LogP contribution in [0.2, 0.25) is 0 Å². The highest BCUT2D eigenvalue weighted by Crippen LogP contribution is 2.41. The van der Waals surface area contributed by atoms with Crippen molar-refractivity contribution in [2.75, 3.05) is 13.2 Å². The van der Waals surface area contributed by atoms with Crippen LogP contribution in [0.25, 0.3) is 0 Å². The molecule has 1 saturated carbocycles. The molecule has 2 fully saturated rings. The molecule has 0 unspecified atom stereocenters. The summed E-state index contributed by atoms with van der Waals surface area (Å²) in [5.74, 6) is 0.226. The number of ether oxygens (including phenoxy) is 1. The lowest BCUT2D eigenvalue weighted by Crippen LogP contribution is -2.43. The van der Waals surface area contributed by atoms with Gasteiger partial charge in [-0.3, -0.25) is 0 Å². The van der Waals surface area contributed by atoms with Gasteiger partial charge in [0.25, 0.3) is 0 Å². The molecule has 0 aromatic heterocycles. The highest BCUT2D eigenvalue weighted by atomic mass is 19.1. The molecule has 0 spiro atoms. The van der Waals surface area contributed by atoms with Crippen LogP contribution in [0.5, 0.6) is 0 Å². The molecule has 2 rings (SSSR count). The van der Waals surface area contributed by atoms with Crippen LogP contribution in [0.3, 0.4) is 0 Å². The molecule has 1 heterocycles. The van der Waals surface area contributed by atoms with Crippen molar-refractivity contribution >= 4 is 0 Å². The summed E-state index contributed by atoms with van der Waals surface area (Å²) in [7, 11) is 0. The summed E-state index contributed by atoms with van der Waals surface area (Å²) in [4.78, 5) is 0. The zero-order chi connectivity index (χ0) is 10.0. The van der Waals surface area contributed by atoms with Crippen molar-refractivity contribution in [1.82, 2.24) is 0 Å². The molecule has 2 N–H and O–H groups in total. The van der Waals surface area contributed by atoms with Crippen LogP contribution in [-0.4, -0.2) is 24.9 Å². The topological polar surface area (TPSA) is 35.2 Å². The van der Waals surface area contributed by atoms with E-state index in [0.29, 0.717) is 12.8 Å². The third-order valence-electron chi connectivity index (χ3n) is 3.81. The van der Waals surface area contributed by atoms with Crippen LogP contribution in [-0.2, 0) is 4.74 Å². The zero-order valence-corrected chi connectivity index (χ0v) is 8.68. The minimum Gasteiger partial charge on any atom is -0.381 e. The molecule has 2 nitrogen and oxygen atoms in total. The van der Waals surface area contributed by atoms with Crippen molar-refractivity contribution in [2.45, 2.75) is 50.2 Å². The summed E-state index contributed by atoms with van der Waals surface area (Å²) in [6, 6.07) is 0.235. The maximum absolute atomic E-state index is 14.5. The molecule has 14 heavy (non-hydrogen) atoms. The average molecular weight is 201 g/mol. The quantitative estimate of drug-likeness (QED) is 0.704. The van der Waals surface area contributed by atoms with Gasteiger partial charge < -0.3 is 10.5 Å². The van der Waals surface area contributed by atoms with Gasteiger partial charge in [0.2, 0.25) is 0 Å². The summed E-state index contributed by atoms with van der Waals surface area (Å²) in [5.41, 5.74) is 4.86. The van der Waals surface area contributed by atoms with E-state index < -0.39 is 5.67 Å². The van der Waals surface area contributed by atoms with Crippen LogP contribution in [0.4, 0.5) is 4.39 Å². The Morgan fingerprint density at radius 1 is 1.07 bits per heavy atom. The molecule has 3 heteroatoms. The van der Waals surface area contributed by atoms with Crippen LogP contribution >= 0.6 is 0 Å². The van der Waals surface area contributed by atoms with Crippen molar-refractivity contribution in [3.05, 3.63) is 0 Å². The normalized spacial score (nSPS) is 41.1. The van der Waals surface area contributed by atoms with Gasteiger partial charge in [0.05, 0.1) is 0 Å². The number of hydrogen-bond acceptors (Lipinski definition) is 2. The highest BCUT2D eigenvalue weighted by molar-refractivity contribution is 4.93. The molecule has 0 bridgehead atoms. The van der Waals surface area contributed by atoms with E-state index in [1.807, 2.05) is 0 Å². The van der Waals surface area contributed by atoms with E-state index >= 15 is 0 Å². The number of hydrogen-bond donors (Lipinski definition) is 1. The van der Waals surface area contributed by atoms with E-state index in [-0.39, 0.29) is 12.0 Å². The van der Waals surface area contributed by atoms with Gasteiger partial charge in [0.15, 0.2) is 0 Å². The molecular weight excluding hydrogens is 181 g/mol. The summed E-state index contributed by atoms with van der Waals surface area (Å²) in [6.45, 7) is 1.48. The van der Waals surface area contributed by atoms with E-state index in [9.17, 15) is 4.39 Å². The van der Waals surface area contributed by atoms with Crippen LogP contribution in [0.1, 0.15) is 38.5 Å². The van der Waals surface area contributed by atoms with Crippen LogP contribution in [0.15, 0.2) is 0 Å². The first-order chi connectivity index (χ1) is 6.71. The third-order valence-corrected chi connectivity index (χ3v) is 3.81. The SMILES string of the molecule is NC1CCC(F)(C2CCOCC2)CC1. The third kappa shape index (κ3) is 2.09. The summed E-state index contributed by atoms with van der Waals surface area (Å²) in [5, 5.41) is 0. The highest BCUT2D eigenvalue weighted by Gasteiger charge is 2.41. The Morgan fingerprint density at radius 2 is 1.64 bits per heavy atom. The fraction of sp³-hybridized carbons (Fsp3) is 1.00. The standard InChI is InChI=1S/C11H20FNO/c12-11(5-1-10(13)2-6-11)9-3-7-14-8-4-9/h9-10H,1-8,13H2. The zero-order valence-electron chi connectivity index (χ0n) is 8.68. The van der Waals surface area contributed by atoms with Crippen molar-refractivity contribution in [1.29, 1.82) is 0 Å². The van der Waals surface area contributed by atoms with E-state index in [1.54, 1.807) is 0 Å². The predicted octanol–water partition coefficient (Wildman–Crippen LogP) is 2.02. The van der Waals surface area contributed by atoms with Gasteiger partial charge in [-0.05, 0) is 44.4 Å². The van der Waals surface area contributed by atoms with Gasteiger partial charge in [-0.15, -0.1) is 0 Å². The minimum absolute atomic E-state index is 0.226. The Morgan fingerprint density at radius 3 is 2.21 bits per heavy atom. The van der Waals surface area contributed by atoms with Gasteiger partial charge in [0, 0.05) is 19.3 Å². The van der Waals surface area contributed by atoms with Gasteiger partial charge in [0.1, 0.15) is 5.67 Å². The van der Waals surface area contributed by atoms with Crippen LogP contribution < -0.4 is 5.73 Å². The molecule has 0 aromatic rings. The average Bonchev–Trinajstić information content (AvgIpc) is 2.24. The number of rotatable bonds is 1. The Kier molecular flexibility index (Phi) is 3.07. The summed E-state index contributed by atoms with van der Waals surface area (Å²) < 4.78 is 19.8. The van der Waals surface area contributed by atoms with Gasteiger partial charge in [-0.25, -0.2) is 4.39 Å². The molecule has 2 aliphatic rings. The molecule has 0 atom stereocenters. The van der Waals surface area contributed by atoms with E-state index in [0.717, 1.165) is 38.9 Å². The largest absolute Gasteiger partial charge is 0.381 e. The predicted molar refractivity (Wildman–Crippen MR) is 53.8 cm³/mol. The van der Waals surface area contributed by atoms with Crippen molar-refractivity contribution in [3.8, 4) is 0 Å². The Bertz CT molecular complexity index is 184. The fourth-order valence-electron chi connectivity index (χ4n) is 2.74. The molecule has 0 aromatic carbocycles. The lowest BCUT2D eigenvalue weighted by Gasteiger charge is -2.40. The first-order valence-electron chi connectivity index (χ1n) is 5.73.